The monoisotopic (exact) mass is 167 g/mol. The molecule has 0 amide bonds. The standard InChI is InChI=1S/C9H13NS/c1-6-5-11-9-4-7(10-2)3-8(6)9/h5,7,10H,3-4H2,1-2H3. The molecule has 0 radical (unpaired) electrons. The molecule has 1 atom stereocenters. The molecule has 1 aromatic rings. The third-order valence-electron chi connectivity index (χ3n) is 2.48. The largest absolute Gasteiger partial charge is 0.316 e. The first-order valence-corrected chi connectivity index (χ1v) is 4.92. The van der Waals surface area contributed by atoms with Crippen LogP contribution in [-0.2, 0) is 12.8 Å². The highest BCUT2D eigenvalue weighted by Gasteiger charge is 2.22. The Morgan fingerprint density at radius 3 is 3.00 bits per heavy atom. The van der Waals surface area contributed by atoms with Gasteiger partial charge >= 0.3 is 0 Å². The van der Waals surface area contributed by atoms with Crippen molar-refractivity contribution in [2.45, 2.75) is 25.8 Å². The minimum atomic E-state index is 0.705. The molecule has 2 rings (SSSR count). The minimum Gasteiger partial charge on any atom is -0.316 e. The molecule has 0 aliphatic heterocycles. The zero-order valence-electron chi connectivity index (χ0n) is 6.98. The second kappa shape index (κ2) is 2.61. The second-order valence-electron chi connectivity index (χ2n) is 3.21. The number of hydrogen-bond acceptors (Lipinski definition) is 2. The van der Waals surface area contributed by atoms with E-state index < -0.39 is 0 Å². The Morgan fingerprint density at radius 2 is 2.36 bits per heavy atom. The fraction of sp³-hybridized carbons (Fsp3) is 0.556. The van der Waals surface area contributed by atoms with Crippen LogP contribution in [0, 0.1) is 6.92 Å². The van der Waals surface area contributed by atoms with Crippen LogP contribution in [0.4, 0.5) is 0 Å². The van der Waals surface area contributed by atoms with E-state index in [-0.39, 0.29) is 0 Å². The van der Waals surface area contributed by atoms with Crippen LogP contribution >= 0.6 is 11.3 Å². The van der Waals surface area contributed by atoms with Crippen molar-refractivity contribution >= 4 is 11.3 Å². The van der Waals surface area contributed by atoms with Gasteiger partial charge in [-0.15, -0.1) is 11.3 Å². The van der Waals surface area contributed by atoms with E-state index in [1.54, 1.807) is 10.4 Å². The molecular formula is C9H13NS. The molecule has 1 aromatic heterocycles. The van der Waals surface area contributed by atoms with E-state index in [4.69, 9.17) is 0 Å². The summed E-state index contributed by atoms with van der Waals surface area (Å²) >= 11 is 1.92. The summed E-state index contributed by atoms with van der Waals surface area (Å²) in [4.78, 5) is 1.60. The molecule has 0 saturated carbocycles. The summed E-state index contributed by atoms with van der Waals surface area (Å²) in [6.45, 7) is 2.22. The smallest absolute Gasteiger partial charge is 0.0153 e. The summed E-state index contributed by atoms with van der Waals surface area (Å²) in [6, 6.07) is 0.705. The van der Waals surface area contributed by atoms with E-state index in [1.807, 2.05) is 11.3 Å². The van der Waals surface area contributed by atoms with Gasteiger partial charge < -0.3 is 5.32 Å². The zero-order valence-corrected chi connectivity index (χ0v) is 7.79. The van der Waals surface area contributed by atoms with Crippen LogP contribution in [0.5, 0.6) is 0 Å². The minimum absolute atomic E-state index is 0.705. The number of likely N-dealkylation sites (N-methyl/N-ethyl adjacent to an activating group) is 1. The van der Waals surface area contributed by atoms with Crippen molar-refractivity contribution in [3.05, 3.63) is 21.4 Å². The van der Waals surface area contributed by atoms with Gasteiger partial charge in [-0.05, 0) is 43.3 Å². The van der Waals surface area contributed by atoms with Gasteiger partial charge in [0, 0.05) is 10.9 Å². The third-order valence-corrected chi connectivity index (χ3v) is 3.65. The van der Waals surface area contributed by atoms with Crippen LogP contribution in [0.2, 0.25) is 0 Å². The van der Waals surface area contributed by atoms with Gasteiger partial charge in [0.1, 0.15) is 0 Å². The molecule has 11 heavy (non-hydrogen) atoms. The van der Waals surface area contributed by atoms with Crippen molar-refractivity contribution in [3.63, 3.8) is 0 Å². The Hall–Kier alpha value is -0.340. The fourth-order valence-electron chi connectivity index (χ4n) is 1.71. The molecule has 0 aromatic carbocycles. The van der Waals surface area contributed by atoms with Gasteiger partial charge in [0.2, 0.25) is 0 Å². The summed E-state index contributed by atoms with van der Waals surface area (Å²) in [7, 11) is 2.05. The van der Waals surface area contributed by atoms with Gasteiger partial charge in [-0.25, -0.2) is 0 Å². The predicted molar refractivity (Wildman–Crippen MR) is 49.3 cm³/mol. The van der Waals surface area contributed by atoms with Crippen molar-refractivity contribution in [1.82, 2.24) is 5.32 Å². The summed E-state index contributed by atoms with van der Waals surface area (Å²) in [5.41, 5.74) is 3.09. The predicted octanol–water partition coefficient (Wildman–Crippen LogP) is 1.74. The maximum Gasteiger partial charge on any atom is 0.0153 e. The quantitative estimate of drug-likeness (QED) is 0.672. The van der Waals surface area contributed by atoms with Crippen molar-refractivity contribution in [1.29, 1.82) is 0 Å². The van der Waals surface area contributed by atoms with Gasteiger partial charge in [-0.1, -0.05) is 0 Å². The van der Waals surface area contributed by atoms with Crippen molar-refractivity contribution in [2.24, 2.45) is 0 Å². The number of aryl methyl sites for hydroxylation is 1. The molecule has 60 valence electrons. The van der Waals surface area contributed by atoms with Gasteiger partial charge in [-0.3, -0.25) is 0 Å². The van der Waals surface area contributed by atoms with Crippen molar-refractivity contribution in [2.75, 3.05) is 7.05 Å². The first kappa shape index (κ1) is 7.32. The number of nitrogens with one attached hydrogen (secondary N) is 1. The van der Waals surface area contributed by atoms with Crippen LogP contribution < -0.4 is 5.32 Å². The highest BCUT2D eigenvalue weighted by molar-refractivity contribution is 7.10. The van der Waals surface area contributed by atoms with E-state index in [2.05, 4.69) is 24.7 Å². The molecule has 0 saturated heterocycles. The summed E-state index contributed by atoms with van der Waals surface area (Å²) in [5.74, 6) is 0. The van der Waals surface area contributed by atoms with Crippen LogP contribution in [0.1, 0.15) is 16.0 Å². The van der Waals surface area contributed by atoms with Crippen molar-refractivity contribution in [3.8, 4) is 0 Å². The molecule has 1 N–H and O–H groups in total. The Kier molecular flexibility index (Phi) is 1.74. The van der Waals surface area contributed by atoms with E-state index >= 15 is 0 Å². The Labute approximate surface area is 71.4 Å². The van der Waals surface area contributed by atoms with Crippen LogP contribution in [0.25, 0.3) is 0 Å². The lowest BCUT2D eigenvalue weighted by atomic mass is 10.1. The molecule has 2 heteroatoms. The summed E-state index contributed by atoms with van der Waals surface area (Å²) in [6.07, 6.45) is 2.48. The first-order valence-electron chi connectivity index (χ1n) is 4.04. The zero-order chi connectivity index (χ0) is 7.84. The molecule has 1 heterocycles. The molecule has 1 aliphatic carbocycles. The fourth-order valence-corrected chi connectivity index (χ4v) is 2.86. The van der Waals surface area contributed by atoms with Gasteiger partial charge in [-0.2, -0.15) is 0 Å². The van der Waals surface area contributed by atoms with Gasteiger partial charge in [0.05, 0.1) is 0 Å². The topological polar surface area (TPSA) is 12.0 Å². The average molecular weight is 167 g/mol. The Bertz CT molecular complexity index is 265. The number of fused-ring (bicyclic) bond motifs is 1. The van der Waals surface area contributed by atoms with Gasteiger partial charge in [0.25, 0.3) is 0 Å². The Morgan fingerprint density at radius 1 is 1.55 bits per heavy atom. The number of hydrogen-bond donors (Lipinski definition) is 1. The Balaban J connectivity index is 2.27. The highest BCUT2D eigenvalue weighted by atomic mass is 32.1. The van der Waals surface area contributed by atoms with E-state index in [0.29, 0.717) is 6.04 Å². The molecule has 0 fully saturated rings. The molecular weight excluding hydrogens is 154 g/mol. The van der Waals surface area contributed by atoms with Gasteiger partial charge in [0.15, 0.2) is 0 Å². The maximum atomic E-state index is 3.33. The molecule has 0 bridgehead atoms. The molecule has 1 aliphatic rings. The SMILES string of the molecule is CNC1Cc2scc(C)c2C1. The highest BCUT2D eigenvalue weighted by Crippen LogP contribution is 2.30. The van der Waals surface area contributed by atoms with E-state index in [9.17, 15) is 0 Å². The lowest BCUT2D eigenvalue weighted by Gasteiger charge is -2.05. The van der Waals surface area contributed by atoms with Crippen LogP contribution in [0.15, 0.2) is 5.38 Å². The number of thiophene rings is 1. The lowest BCUT2D eigenvalue weighted by molar-refractivity contribution is 0.594. The third kappa shape index (κ3) is 1.10. The molecule has 0 spiro atoms. The molecule has 1 unspecified atom stereocenters. The lowest BCUT2D eigenvalue weighted by Crippen LogP contribution is -2.25. The average Bonchev–Trinajstić information content (AvgIpc) is 2.53. The summed E-state index contributed by atoms with van der Waals surface area (Å²) < 4.78 is 0. The first-order chi connectivity index (χ1) is 5.31. The van der Waals surface area contributed by atoms with Crippen LogP contribution in [-0.4, -0.2) is 13.1 Å². The van der Waals surface area contributed by atoms with E-state index in [0.717, 1.165) is 0 Å². The molecule has 1 nitrogen and oxygen atoms in total. The van der Waals surface area contributed by atoms with Crippen LogP contribution in [0.3, 0.4) is 0 Å². The summed E-state index contributed by atoms with van der Waals surface area (Å²) in [5, 5.41) is 5.61. The second-order valence-corrected chi connectivity index (χ2v) is 4.18. The van der Waals surface area contributed by atoms with E-state index in [1.165, 1.54) is 18.4 Å². The maximum absolute atomic E-state index is 3.33. The normalized spacial score (nSPS) is 22.2. The van der Waals surface area contributed by atoms with Crippen molar-refractivity contribution < 1.29 is 0 Å². The number of rotatable bonds is 1.